The van der Waals surface area contributed by atoms with Crippen molar-refractivity contribution in [3.8, 4) is 0 Å². The molecule has 4 saturated carbocycles. The molecule has 69 heavy (non-hydrogen) atoms. The largest absolute Gasteiger partial charge is 0.432 e. The number of esters is 1. The molecule has 0 aromatic heterocycles. The van der Waals surface area contributed by atoms with Crippen LogP contribution in [0.4, 0.5) is 0 Å². The minimum atomic E-state index is -5.26. The maximum absolute atomic E-state index is 14.7. The fourth-order valence-corrected chi connectivity index (χ4v) is 15.4. The van der Waals surface area contributed by atoms with Crippen molar-refractivity contribution < 1.29 is 101 Å². The average molecular weight is 1010 g/mol. The quantitative estimate of drug-likeness (QED) is 0.0421. The molecular weight excluding hydrogens is 933 g/mol. The van der Waals surface area contributed by atoms with Gasteiger partial charge < -0.3 is 79.2 Å². The third-order valence-corrected chi connectivity index (χ3v) is 19.7. The summed E-state index contributed by atoms with van der Waals surface area (Å²) in [6.45, 7) is 11.3. The van der Waals surface area contributed by atoms with Crippen molar-refractivity contribution >= 4 is 22.7 Å². The molecule has 10 N–H and O–H groups in total. The number of rotatable bonds is 11. The van der Waals surface area contributed by atoms with Crippen LogP contribution < -0.4 is 0 Å². The average Bonchev–Trinajstić information content (AvgIpc) is 3.29. The van der Waals surface area contributed by atoms with Crippen LogP contribution >= 0.6 is 0 Å². The van der Waals surface area contributed by atoms with Crippen LogP contribution in [0.15, 0.2) is 11.6 Å². The van der Waals surface area contributed by atoms with Gasteiger partial charge in [-0.3, -0.25) is 9.35 Å². The number of aliphatic hydroxyl groups excluding tert-OH is 9. The minimum Gasteiger partial charge on any atom is -0.432 e. The molecular formula is C47H74O21S. The van der Waals surface area contributed by atoms with Crippen molar-refractivity contribution in [1.82, 2.24) is 0 Å². The first kappa shape index (κ1) is 53.5. The maximum atomic E-state index is 14.7. The van der Waals surface area contributed by atoms with Crippen molar-refractivity contribution in [2.24, 2.45) is 50.2 Å². The number of hydrogen-bond acceptors (Lipinski definition) is 20. The molecule has 3 saturated heterocycles. The molecule has 394 valence electrons. The van der Waals surface area contributed by atoms with Crippen LogP contribution in [0.2, 0.25) is 0 Å². The zero-order valence-corrected chi connectivity index (χ0v) is 40.9. The molecule has 23 atom stereocenters. The lowest BCUT2D eigenvalue weighted by atomic mass is 9.33. The van der Waals surface area contributed by atoms with Crippen molar-refractivity contribution in [1.29, 1.82) is 0 Å². The number of fused-ring (bicyclic) bond motifs is 7. The Kier molecular flexibility index (Phi) is 14.6. The molecule has 8 rings (SSSR count). The second kappa shape index (κ2) is 18.8. The molecule has 0 spiro atoms. The lowest BCUT2D eigenvalue weighted by Crippen LogP contribution is -2.66. The highest BCUT2D eigenvalue weighted by atomic mass is 32.3. The molecule has 0 radical (unpaired) electrons. The topological polar surface area (TPSA) is 335 Å². The zero-order chi connectivity index (χ0) is 50.6. The molecule has 0 amide bonds. The Morgan fingerprint density at radius 1 is 0.739 bits per heavy atom. The summed E-state index contributed by atoms with van der Waals surface area (Å²) in [7, 11) is -5.26. The molecule has 0 aromatic carbocycles. The molecule has 0 aromatic rings. The van der Waals surface area contributed by atoms with Gasteiger partial charge in [0, 0.05) is 5.41 Å². The third-order valence-electron chi connectivity index (χ3n) is 19.2. The summed E-state index contributed by atoms with van der Waals surface area (Å²) in [5.41, 5.74) is -2.14. The van der Waals surface area contributed by atoms with E-state index in [9.17, 15) is 68.5 Å². The monoisotopic (exact) mass is 1010 g/mol. The number of aliphatic hydroxyl groups is 9. The van der Waals surface area contributed by atoms with Crippen molar-refractivity contribution in [2.75, 3.05) is 19.8 Å². The fourth-order valence-electron chi connectivity index (χ4n) is 14.9. The van der Waals surface area contributed by atoms with Crippen LogP contribution in [-0.4, -0.2) is 183 Å². The molecule has 0 unspecified atom stereocenters. The second-order valence-electron chi connectivity index (χ2n) is 23.1. The highest BCUT2D eigenvalue weighted by Crippen LogP contribution is 2.76. The maximum Gasteiger partial charge on any atom is 0.397 e. The minimum absolute atomic E-state index is 0.0826. The first-order valence-corrected chi connectivity index (χ1v) is 25.8. The van der Waals surface area contributed by atoms with Gasteiger partial charge in [-0.15, -0.1) is 0 Å². The number of allylic oxidation sites excluding steroid dienone is 2. The van der Waals surface area contributed by atoms with Gasteiger partial charge in [0.1, 0.15) is 67.3 Å². The predicted molar refractivity (Wildman–Crippen MR) is 235 cm³/mol. The third kappa shape index (κ3) is 8.79. The normalized spacial score (nSPS) is 52.0. The standard InChI is InChI=1S/C47H74O21S/c1-42(2)27-9-12-46(6)28(8-7-22-23-17-43(3,21-50)13-15-47(23,16-14-45(22,46)5)41(58)67-38-35(57)33(55)31(53)25(18-48)63-38)44(27,4)11-10-29(42)65-39-36(30(52)24(51)20-62-39)66-40-37(68-69(59,60)61)34(56)32(54)26(19-49)64-40/h7,21,23-40,48-49,51-57H,8-20H2,1-6H3,(H,59,60,61)/t23-,24-,25+,26+,27-,28+,29-,30-,31+,32+,33-,34-,35+,36+,37+,38+,39+,40+,43-,44-,45+,46+,47-/m0/s1. The first-order chi connectivity index (χ1) is 32.1. The highest BCUT2D eigenvalue weighted by Gasteiger charge is 2.70. The molecule has 0 bridgehead atoms. The molecule has 22 heteroatoms. The Labute approximate surface area is 402 Å². The Hall–Kier alpha value is -1.81. The summed E-state index contributed by atoms with van der Waals surface area (Å²) in [5.74, 6) is -0.761. The molecule has 8 aliphatic rings. The Morgan fingerprint density at radius 2 is 1.38 bits per heavy atom. The summed E-state index contributed by atoms with van der Waals surface area (Å²) in [6.07, 6.45) is -15.0. The van der Waals surface area contributed by atoms with Crippen molar-refractivity contribution in [3.05, 3.63) is 11.6 Å². The van der Waals surface area contributed by atoms with Gasteiger partial charge in [-0.25, -0.2) is 4.18 Å². The van der Waals surface area contributed by atoms with Gasteiger partial charge in [-0.05, 0) is 104 Å². The van der Waals surface area contributed by atoms with E-state index in [2.05, 4.69) is 44.9 Å². The van der Waals surface area contributed by atoms with E-state index in [-0.39, 0.29) is 29.3 Å². The van der Waals surface area contributed by atoms with Crippen LogP contribution in [0.5, 0.6) is 0 Å². The lowest BCUT2D eigenvalue weighted by Gasteiger charge is -2.71. The van der Waals surface area contributed by atoms with Crippen LogP contribution in [0, 0.1) is 50.2 Å². The summed E-state index contributed by atoms with van der Waals surface area (Å²) in [6, 6.07) is 0. The van der Waals surface area contributed by atoms with Gasteiger partial charge in [-0.1, -0.05) is 53.2 Å². The van der Waals surface area contributed by atoms with E-state index in [1.165, 1.54) is 0 Å². The van der Waals surface area contributed by atoms with E-state index < -0.39 is 149 Å². The molecule has 3 aliphatic heterocycles. The Balaban J connectivity index is 1.04. The van der Waals surface area contributed by atoms with Gasteiger partial charge in [0.2, 0.25) is 6.29 Å². The Morgan fingerprint density at radius 3 is 2.01 bits per heavy atom. The first-order valence-electron chi connectivity index (χ1n) is 24.4. The number of hydrogen-bond donors (Lipinski definition) is 10. The number of ether oxygens (including phenoxy) is 6. The van der Waals surface area contributed by atoms with Crippen molar-refractivity contribution in [2.45, 2.75) is 198 Å². The van der Waals surface area contributed by atoms with E-state index in [0.717, 1.165) is 31.1 Å². The fraction of sp³-hybridized carbons (Fsp3) is 0.915. The van der Waals surface area contributed by atoms with Crippen LogP contribution in [0.1, 0.15) is 106 Å². The summed E-state index contributed by atoms with van der Waals surface area (Å²) in [5, 5.41) is 94.6. The molecule has 21 nitrogen and oxygen atoms in total. The van der Waals surface area contributed by atoms with Gasteiger partial charge in [0.15, 0.2) is 18.7 Å². The predicted octanol–water partition coefficient (Wildman–Crippen LogP) is -0.214. The molecule has 7 fully saturated rings. The SMILES string of the molecule is CC1(C)[C@@H](O[C@H]2OC[C@H](O)[C@H](O)[C@H]2O[C@H]2O[C@H](CO)[C@@H](O)[C@H](O)[C@H]2OS(=O)(=O)O)CC[C@]2(C)[C@H]3CC=C4[C@@H]5C[C@@](C)(C=O)CC[C@]5(C(=O)O[C@H]5O[C@H](CO)[C@@H](O)[C@H](O)[C@H]5O)CC[C@@]4(C)[C@]3(C)CC[C@@H]12. The summed E-state index contributed by atoms with van der Waals surface area (Å²) < 4.78 is 73.6. The Bertz CT molecular complexity index is 2050. The van der Waals surface area contributed by atoms with Gasteiger partial charge >= 0.3 is 16.4 Å². The molecule has 5 aliphatic carbocycles. The second-order valence-corrected chi connectivity index (χ2v) is 24.2. The van der Waals surface area contributed by atoms with Crippen LogP contribution in [0.3, 0.4) is 0 Å². The van der Waals surface area contributed by atoms with Crippen LogP contribution in [0.25, 0.3) is 0 Å². The summed E-state index contributed by atoms with van der Waals surface area (Å²) >= 11 is 0. The number of carbonyl (C=O) groups is 2. The zero-order valence-electron chi connectivity index (χ0n) is 40.1. The van der Waals surface area contributed by atoms with Gasteiger partial charge in [-0.2, -0.15) is 8.42 Å². The number of carbonyl (C=O) groups excluding carboxylic acids is 2. The van der Waals surface area contributed by atoms with Crippen LogP contribution in [-0.2, 0) is 52.6 Å². The van der Waals surface area contributed by atoms with Gasteiger partial charge in [0.05, 0.1) is 31.3 Å². The van der Waals surface area contributed by atoms with E-state index in [1.54, 1.807) is 0 Å². The van der Waals surface area contributed by atoms with E-state index in [4.69, 9.17) is 28.4 Å². The summed E-state index contributed by atoms with van der Waals surface area (Å²) in [4.78, 5) is 27.4. The van der Waals surface area contributed by atoms with E-state index in [1.807, 2.05) is 6.92 Å². The highest BCUT2D eigenvalue weighted by molar-refractivity contribution is 7.80. The lowest BCUT2D eigenvalue weighted by molar-refractivity contribution is -0.364. The van der Waals surface area contributed by atoms with E-state index in [0.29, 0.717) is 44.9 Å². The smallest absolute Gasteiger partial charge is 0.397 e. The van der Waals surface area contributed by atoms with Crippen molar-refractivity contribution in [3.63, 3.8) is 0 Å². The van der Waals surface area contributed by atoms with E-state index >= 15 is 0 Å². The number of aldehydes is 1. The van der Waals surface area contributed by atoms with Gasteiger partial charge in [0.25, 0.3) is 0 Å². The molecule has 3 heterocycles.